The molecule has 1 aliphatic rings. The Balaban J connectivity index is 1.76. The van der Waals surface area contributed by atoms with Crippen molar-refractivity contribution in [1.82, 2.24) is 5.32 Å². The lowest BCUT2D eigenvalue weighted by atomic mass is 10.2. The zero-order valence-electron chi connectivity index (χ0n) is 14.8. The summed E-state index contributed by atoms with van der Waals surface area (Å²) in [6, 6.07) is 11.1. The maximum atomic E-state index is 12.9. The maximum absolute atomic E-state index is 12.9. The minimum Gasteiger partial charge on any atom is -0.468 e. The Labute approximate surface area is 161 Å². The molecular weight excluding hydrogens is 368 g/mol. The summed E-state index contributed by atoms with van der Waals surface area (Å²) in [6.45, 7) is 1.55. The molecule has 1 aromatic heterocycles. The Kier molecular flexibility index (Phi) is 6.18. The van der Waals surface area contributed by atoms with Gasteiger partial charge in [0.1, 0.15) is 18.8 Å². The summed E-state index contributed by atoms with van der Waals surface area (Å²) in [6.07, 6.45) is 1.79. The van der Waals surface area contributed by atoms with E-state index in [0.29, 0.717) is 5.69 Å². The highest BCUT2D eigenvalue weighted by molar-refractivity contribution is 7.99. The second-order valence-electron chi connectivity index (χ2n) is 5.86. The molecule has 2 amide bonds. The fraction of sp³-hybridized carbons (Fsp3) is 0.316. The molecule has 8 heteroatoms. The fourth-order valence-corrected chi connectivity index (χ4v) is 4.01. The number of anilines is 1. The number of carbonyl (C=O) groups is 3. The number of nitrogens with zero attached hydrogens (tertiary/aromatic N) is 1. The Bertz CT molecular complexity index is 821. The molecule has 1 atom stereocenters. The van der Waals surface area contributed by atoms with Gasteiger partial charge in [0.15, 0.2) is 0 Å². The van der Waals surface area contributed by atoms with Gasteiger partial charge in [0.25, 0.3) is 0 Å². The van der Waals surface area contributed by atoms with E-state index in [1.807, 2.05) is 30.3 Å². The molecule has 0 spiro atoms. The summed E-state index contributed by atoms with van der Waals surface area (Å²) in [7, 11) is 0. The minimum absolute atomic E-state index is 0.166. The van der Waals surface area contributed by atoms with Gasteiger partial charge in [-0.1, -0.05) is 12.1 Å². The molecule has 0 saturated heterocycles. The normalized spacial score (nSPS) is 16.4. The van der Waals surface area contributed by atoms with Gasteiger partial charge in [-0.15, -0.1) is 11.8 Å². The van der Waals surface area contributed by atoms with Gasteiger partial charge in [-0.05, 0) is 31.2 Å². The Hall–Kier alpha value is -2.74. The number of rotatable bonds is 6. The Morgan fingerprint density at radius 2 is 2.11 bits per heavy atom. The van der Waals surface area contributed by atoms with Crippen LogP contribution < -0.4 is 10.2 Å². The van der Waals surface area contributed by atoms with Crippen molar-refractivity contribution in [1.29, 1.82) is 0 Å². The van der Waals surface area contributed by atoms with Gasteiger partial charge in [-0.25, -0.2) is 0 Å². The number of para-hydroxylation sites is 1. The fourth-order valence-electron chi connectivity index (χ4n) is 2.77. The number of benzene rings is 1. The smallest absolute Gasteiger partial charge is 0.325 e. The molecule has 0 saturated carbocycles. The molecule has 2 aromatic rings. The van der Waals surface area contributed by atoms with E-state index >= 15 is 0 Å². The predicted octanol–water partition coefficient (Wildman–Crippen LogP) is 2.53. The van der Waals surface area contributed by atoms with Crippen molar-refractivity contribution >= 4 is 35.2 Å². The van der Waals surface area contributed by atoms with Crippen LogP contribution in [-0.2, 0) is 19.1 Å². The van der Waals surface area contributed by atoms with Crippen LogP contribution in [-0.4, -0.2) is 37.5 Å². The number of nitrogens with one attached hydrogen (secondary N) is 1. The van der Waals surface area contributed by atoms with Crippen molar-refractivity contribution < 1.29 is 23.5 Å². The molecule has 0 radical (unpaired) electrons. The SMILES string of the molecule is CCOC(=O)CNC(=O)CN1C(=O)C[C@H](c2ccco2)Sc2ccccc21. The van der Waals surface area contributed by atoms with Crippen LogP contribution in [0.25, 0.3) is 0 Å². The molecule has 1 aromatic carbocycles. The van der Waals surface area contributed by atoms with Crippen LogP contribution in [0.2, 0.25) is 0 Å². The number of hydrogen-bond acceptors (Lipinski definition) is 6. The Morgan fingerprint density at radius 3 is 2.85 bits per heavy atom. The quantitative estimate of drug-likeness (QED) is 0.765. The molecule has 7 nitrogen and oxygen atoms in total. The number of furan rings is 1. The third-order valence-electron chi connectivity index (χ3n) is 3.98. The van der Waals surface area contributed by atoms with Crippen molar-refractivity contribution in [3.8, 4) is 0 Å². The lowest BCUT2D eigenvalue weighted by Gasteiger charge is -2.22. The van der Waals surface area contributed by atoms with Crippen molar-refractivity contribution in [3.05, 3.63) is 48.4 Å². The maximum Gasteiger partial charge on any atom is 0.325 e. The van der Waals surface area contributed by atoms with Gasteiger partial charge in [-0.3, -0.25) is 14.4 Å². The van der Waals surface area contributed by atoms with E-state index in [0.717, 1.165) is 10.7 Å². The lowest BCUT2D eigenvalue weighted by molar-refractivity contribution is -0.143. The van der Waals surface area contributed by atoms with Gasteiger partial charge in [0.2, 0.25) is 11.8 Å². The van der Waals surface area contributed by atoms with Gasteiger partial charge < -0.3 is 19.4 Å². The zero-order valence-corrected chi connectivity index (χ0v) is 15.7. The van der Waals surface area contributed by atoms with Crippen molar-refractivity contribution in [2.24, 2.45) is 0 Å². The van der Waals surface area contributed by atoms with Gasteiger partial charge in [-0.2, -0.15) is 0 Å². The molecule has 0 unspecified atom stereocenters. The van der Waals surface area contributed by atoms with Gasteiger partial charge in [0, 0.05) is 11.3 Å². The summed E-state index contributed by atoms with van der Waals surface area (Å²) < 4.78 is 10.3. The van der Waals surface area contributed by atoms with Crippen LogP contribution in [0.1, 0.15) is 24.4 Å². The number of amides is 2. The first kappa shape index (κ1) is 19.0. The number of esters is 1. The van der Waals surface area contributed by atoms with E-state index in [9.17, 15) is 14.4 Å². The number of thioether (sulfide) groups is 1. The molecule has 0 aliphatic carbocycles. The van der Waals surface area contributed by atoms with Crippen LogP contribution in [0.3, 0.4) is 0 Å². The van der Waals surface area contributed by atoms with E-state index < -0.39 is 11.9 Å². The van der Waals surface area contributed by atoms with E-state index in [1.54, 1.807) is 19.3 Å². The van der Waals surface area contributed by atoms with Crippen LogP contribution in [0, 0.1) is 0 Å². The highest BCUT2D eigenvalue weighted by Gasteiger charge is 2.31. The molecule has 2 heterocycles. The van der Waals surface area contributed by atoms with Crippen LogP contribution in [0.5, 0.6) is 0 Å². The second-order valence-corrected chi connectivity index (χ2v) is 7.10. The summed E-state index contributed by atoms with van der Waals surface area (Å²) in [4.78, 5) is 38.9. The molecule has 1 aliphatic heterocycles. The molecule has 27 heavy (non-hydrogen) atoms. The van der Waals surface area contributed by atoms with Gasteiger partial charge in [0.05, 0.1) is 23.8 Å². The van der Waals surface area contributed by atoms with Crippen molar-refractivity contribution in [2.45, 2.75) is 23.5 Å². The topological polar surface area (TPSA) is 88.9 Å². The molecule has 3 rings (SSSR count). The van der Waals surface area contributed by atoms with E-state index in [-0.39, 0.29) is 37.3 Å². The first-order valence-corrected chi connectivity index (χ1v) is 9.48. The van der Waals surface area contributed by atoms with Crippen LogP contribution in [0.4, 0.5) is 5.69 Å². The first-order chi connectivity index (χ1) is 13.1. The summed E-state index contributed by atoms with van der Waals surface area (Å²) in [5.74, 6) is -0.397. The first-order valence-electron chi connectivity index (χ1n) is 8.60. The van der Waals surface area contributed by atoms with Crippen molar-refractivity contribution in [2.75, 3.05) is 24.6 Å². The van der Waals surface area contributed by atoms with Gasteiger partial charge >= 0.3 is 5.97 Å². The highest BCUT2D eigenvalue weighted by Crippen LogP contribution is 2.45. The third-order valence-corrected chi connectivity index (χ3v) is 5.27. The largest absolute Gasteiger partial charge is 0.468 e. The van der Waals surface area contributed by atoms with Crippen LogP contribution >= 0.6 is 11.8 Å². The molecular formula is C19H20N2O5S. The van der Waals surface area contributed by atoms with Crippen LogP contribution in [0.15, 0.2) is 52.0 Å². The second kappa shape index (κ2) is 8.77. The molecule has 0 fully saturated rings. The average molecular weight is 388 g/mol. The Morgan fingerprint density at radius 1 is 1.30 bits per heavy atom. The van der Waals surface area contributed by atoms with E-state index in [4.69, 9.17) is 9.15 Å². The number of carbonyl (C=O) groups excluding carboxylic acids is 3. The number of hydrogen-bond donors (Lipinski definition) is 1. The average Bonchev–Trinajstić information content (AvgIpc) is 3.15. The lowest BCUT2D eigenvalue weighted by Crippen LogP contribution is -2.42. The predicted molar refractivity (Wildman–Crippen MR) is 100 cm³/mol. The number of fused-ring (bicyclic) bond motifs is 1. The van der Waals surface area contributed by atoms with E-state index in [1.165, 1.54) is 16.7 Å². The van der Waals surface area contributed by atoms with Crippen molar-refractivity contribution in [3.63, 3.8) is 0 Å². The summed E-state index contributed by atoms with van der Waals surface area (Å²) >= 11 is 1.53. The molecule has 0 bridgehead atoms. The summed E-state index contributed by atoms with van der Waals surface area (Å²) in [5.41, 5.74) is 0.674. The molecule has 142 valence electrons. The number of ether oxygens (including phenoxy) is 1. The standard InChI is InChI=1S/C19H20N2O5S/c1-2-25-19(24)11-20-17(22)12-21-13-6-3-4-8-15(13)27-16(10-18(21)23)14-7-5-9-26-14/h3-9,16H,2,10-12H2,1H3,(H,20,22)/t16-/m1/s1. The van der Waals surface area contributed by atoms with E-state index in [2.05, 4.69) is 5.32 Å². The highest BCUT2D eigenvalue weighted by atomic mass is 32.2. The monoisotopic (exact) mass is 388 g/mol. The molecule has 1 N–H and O–H groups in total. The summed E-state index contributed by atoms with van der Waals surface area (Å²) in [5, 5.41) is 2.33. The third kappa shape index (κ3) is 4.71. The zero-order chi connectivity index (χ0) is 19.2. The minimum atomic E-state index is -0.512.